The topological polar surface area (TPSA) is 52.0 Å². The normalized spacial score (nSPS) is 10.8. The lowest BCUT2D eigenvalue weighted by atomic mass is 10.1. The minimum atomic E-state index is -0.113. The first-order valence-corrected chi connectivity index (χ1v) is 9.48. The molecule has 0 amide bonds. The number of para-hydroxylation sites is 1. The second kappa shape index (κ2) is 8.15. The van der Waals surface area contributed by atoms with Gasteiger partial charge in [0.2, 0.25) is 0 Å². The summed E-state index contributed by atoms with van der Waals surface area (Å²) >= 11 is 1.28. The van der Waals surface area contributed by atoms with Gasteiger partial charge in [-0.25, -0.2) is 4.98 Å². The van der Waals surface area contributed by atoms with E-state index in [1.54, 1.807) is 16.7 Å². The fourth-order valence-corrected chi connectivity index (χ4v) is 3.59. The maximum Gasteiger partial charge on any atom is 0.262 e. The van der Waals surface area contributed by atoms with E-state index in [2.05, 4.69) is 18.5 Å². The Kier molecular flexibility index (Phi) is 5.68. The zero-order valence-corrected chi connectivity index (χ0v) is 15.5. The summed E-state index contributed by atoms with van der Waals surface area (Å²) in [5.41, 5.74) is 2.40. The van der Waals surface area contributed by atoms with Crippen molar-refractivity contribution < 1.29 is 4.79 Å². The minimum absolute atomic E-state index is 0.0187. The van der Waals surface area contributed by atoms with E-state index in [1.165, 1.54) is 17.3 Å². The quantitative estimate of drug-likeness (QED) is 0.274. The van der Waals surface area contributed by atoms with Crippen molar-refractivity contribution in [3.63, 3.8) is 0 Å². The third kappa shape index (κ3) is 3.78. The van der Waals surface area contributed by atoms with Crippen LogP contribution >= 0.6 is 11.8 Å². The highest BCUT2D eigenvalue weighted by Crippen LogP contribution is 2.19. The molecule has 132 valence electrons. The average molecular weight is 364 g/mol. The van der Waals surface area contributed by atoms with Crippen molar-refractivity contribution in [2.75, 3.05) is 5.75 Å². The van der Waals surface area contributed by atoms with Crippen molar-refractivity contribution >= 4 is 28.4 Å². The second-order valence-electron chi connectivity index (χ2n) is 5.88. The molecule has 0 unspecified atom stereocenters. The average Bonchev–Trinajstić information content (AvgIpc) is 2.68. The monoisotopic (exact) mass is 364 g/mol. The molecule has 3 rings (SSSR count). The summed E-state index contributed by atoms with van der Waals surface area (Å²) < 4.78 is 1.56. The third-order valence-corrected chi connectivity index (χ3v) is 5.13. The van der Waals surface area contributed by atoms with Crippen LogP contribution < -0.4 is 5.56 Å². The Hall–Kier alpha value is -2.66. The van der Waals surface area contributed by atoms with Crippen molar-refractivity contribution in [3.05, 3.63) is 82.7 Å². The number of Topliss-reactive ketones (excluding diaryl/α,β-unsaturated/α-hetero) is 1. The third-order valence-electron chi connectivity index (χ3n) is 4.15. The molecule has 0 aliphatic heterocycles. The summed E-state index contributed by atoms with van der Waals surface area (Å²) in [6.45, 7) is 6.15. The highest BCUT2D eigenvalue weighted by atomic mass is 32.2. The number of aromatic nitrogens is 2. The second-order valence-corrected chi connectivity index (χ2v) is 6.82. The highest BCUT2D eigenvalue weighted by Gasteiger charge is 2.13. The molecule has 0 saturated heterocycles. The summed E-state index contributed by atoms with van der Waals surface area (Å²) in [5, 5.41) is 1.10. The van der Waals surface area contributed by atoms with Gasteiger partial charge in [-0.2, -0.15) is 0 Å². The molecule has 0 aliphatic rings. The van der Waals surface area contributed by atoms with Crippen molar-refractivity contribution in [3.8, 4) is 0 Å². The van der Waals surface area contributed by atoms with Gasteiger partial charge in [-0.1, -0.05) is 61.2 Å². The predicted molar refractivity (Wildman–Crippen MR) is 107 cm³/mol. The van der Waals surface area contributed by atoms with Crippen molar-refractivity contribution in [2.24, 2.45) is 0 Å². The number of fused-ring (bicyclic) bond motifs is 1. The van der Waals surface area contributed by atoms with E-state index in [0.717, 1.165) is 6.42 Å². The molecule has 1 aromatic heterocycles. The lowest BCUT2D eigenvalue weighted by Crippen LogP contribution is -2.23. The van der Waals surface area contributed by atoms with Gasteiger partial charge >= 0.3 is 0 Å². The SMILES string of the molecule is C=CCn1c(SCC(=O)c2ccc(CC)cc2)nc2ccccc2c1=O. The number of hydrogen-bond acceptors (Lipinski definition) is 4. The van der Waals surface area contributed by atoms with Crippen molar-refractivity contribution in [1.29, 1.82) is 0 Å². The van der Waals surface area contributed by atoms with E-state index in [4.69, 9.17) is 0 Å². The molecule has 0 atom stereocenters. The largest absolute Gasteiger partial charge is 0.293 e. The number of hydrogen-bond donors (Lipinski definition) is 0. The van der Waals surface area contributed by atoms with Crippen LogP contribution in [0, 0.1) is 0 Å². The molecule has 0 bridgehead atoms. The first-order valence-electron chi connectivity index (χ1n) is 8.49. The molecule has 3 aromatic rings. The highest BCUT2D eigenvalue weighted by molar-refractivity contribution is 7.99. The number of rotatable bonds is 7. The summed E-state index contributed by atoms with van der Waals surface area (Å²) in [6, 6.07) is 14.9. The van der Waals surface area contributed by atoms with Gasteiger partial charge in [0.1, 0.15) is 0 Å². The molecule has 0 radical (unpaired) electrons. The molecule has 5 heteroatoms. The maximum absolute atomic E-state index is 12.7. The molecule has 0 spiro atoms. The van der Waals surface area contributed by atoms with E-state index < -0.39 is 0 Å². The molecule has 0 aliphatic carbocycles. The van der Waals surface area contributed by atoms with E-state index in [-0.39, 0.29) is 17.1 Å². The summed E-state index contributed by atoms with van der Waals surface area (Å²) in [7, 11) is 0. The predicted octanol–water partition coefficient (Wildman–Crippen LogP) is 4.12. The number of allylic oxidation sites excluding steroid dienone is 1. The summed E-state index contributed by atoms with van der Waals surface area (Å²) in [4.78, 5) is 29.8. The molecule has 0 fully saturated rings. The Morgan fingerprint density at radius 2 is 1.92 bits per heavy atom. The molecular formula is C21H20N2O2S. The van der Waals surface area contributed by atoms with Crippen LogP contribution in [0.2, 0.25) is 0 Å². The number of ketones is 1. The molecule has 4 nitrogen and oxygen atoms in total. The van der Waals surface area contributed by atoms with Crippen molar-refractivity contribution in [2.45, 2.75) is 25.0 Å². The van der Waals surface area contributed by atoms with Crippen LogP contribution in [-0.4, -0.2) is 21.1 Å². The first-order chi connectivity index (χ1) is 12.6. The molecule has 0 N–H and O–H groups in total. The lowest BCUT2D eigenvalue weighted by molar-refractivity contribution is 0.102. The van der Waals surface area contributed by atoms with Crippen LogP contribution in [0.1, 0.15) is 22.8 Å². The van der Waals surface area contributed by atoms with Gasteiger partial charge in [0, 0.05) is 12.1 Å². The van der Waals surface area contributed by atoms with Crippen LogP contribution in [0.5, 0.6) is 0 Å². The minimum Gasteiger partial charge on any atom is -0.293 e. The smallest absolute Gasteiger partial charge is 0.262 e. The van der Waals surface area contributed by atoms with E-state index in [1.807, 2.05) is 42.5 Å². The Balaban J connectivity index is 1.87. The fourth-order valence-electron chi connectivity index (χ4n) is 2.69. The van der Waals surface area contributed by atoms with E-state index in [9.17, 15) is 9.59 Å². The number of carbonyl (C=O) groups is 1. The van der Waals surface area contributed by atoms with Crippen LogP contribution in [0.15, 0.2) is 71.1 Å². The van der Waals surface area contributed by atoms with Crippen LogP contribution in [-0.2, 0) is 13.0 Å². The van der Waals surface area contributed by atoms with Gasteiger partial charge in [-0.05, 0) is 24.1 Å². The number of aryl methyl sites for hydroxylation is 1. The van der Waals surface area contributed by atoms with E-state index >= 15 is 0 Å². The van der Waals surface area contributed by atoms with Gasteiger partial charge < -0.3 is 0 Å². The lowest BCUT2D eigenvalue weighted by Gasteiger charge is -2.11. The molecule has 0 saturated carbocycles. The molecule has 1 heterocycles. The van der Waals surface area contributed by atoms with Gasteiger partial charge in [0.15, 0.2) is 10.9 Å². The Morgan fingerprint density at radius 3 is 2.62 bits per heavy atom. The van der Waals surface area contributed by atoms with Gasteiger partial charge in [-0.3, -0.25) is 14.2 Å². The Labute approximate surface area is 156 Å². The summed E-state index contributed by atoms with van der Waals surface area (Å²) in [5.74, 6) is 0.248. The molecular weight excluding hydrogens is 344 g/mol. The summed E-state index contributed by atoms with van der Waals surface area (Å²) in [6.07, 6.45) is 2.60. The zero-order valence-electron chi connectivity index (χ0n) is 14.6. The Bertz CT molecular complexity index is 1010. The molecule has 26 heavy (non-hydrogen) atoms. The van der Waals surface area contributed by atoms with Gasteiger partial charge in [-0.15, -0.1) is 6.58 Å². The first kappa shape index (κ1) is 18.1. The zero-order chi connectivity index (χ0) is 18.5. The standard InChI is InChI=1S/C21H20N2O2S/c1-3-13-23-20(25)17-7-5-6-8-18(17)22-21(23)26-14-19(24)16-11-9-15(4-2)10-12-16/h3,5-12H,1,4,13-14H2,2H3. The molecule has 2 aromatic carbocycles. The number of nitrogens with zero attached hydrogens (tertiary/aromatic N) is 2. The Morgan fingerprint density at radius 1 is 1.19 bits per heavy atom. The van der Waals surface area contributed by atoms with Gasteiger partial charge in [0.25, 0.3) is 5.56 Å². The number of thioether (sulfide) groups is 1. The van der Waals surface area contributed by atoms with Crippen LogP contribution in [0.25, 0.3) is 10.9 Å². The fraction of sp³-hybridized carbons (Fsp3) is 0.190. The van der Waals surface area contributed by atoms with Crippen molar-refractivity contribution in [1.82, 2.24) is 9.55 Å². The number of benzene rings is 2. The van der Waals surface area contributed by atoms with Crippen LogP contribution in [0.4, 0.5) is 0 Å². The maximum atomic E-state index is 12.7. The van der Waals surface area contributed by atoms with Gasteiger partial charge in [0.05, 0.1) is 16.7 Å². The van der Waals surface area contributed by atoms with Crippen LogP contribution in [0.3, 0.4) is 0 Å². The van der Waals surface area contributed by atoms with E-state index in [0.29, 0.717) is 28.2 Å². The number of carbonyl (C=O) groups excluding carboxylic acids is 1.